The summed E-state index contributed by atoms with van der Waals surface area (Å²) in [4.78, 5) is 3.19. The third-order valence-electron chi connectivity index (χ3n) is 1.82. The van der Waals surface area contributed by atoms with Crippen molar-refractivity contribution < 1.29 is 0 Å². The summed E-state index contributed by atoms with van der Waals surface area (Å²) in [6.45, 7) is 2.10. The van der Waals surface area contributed by atoms with Crippen LogP contribution in [0.3, 0.4) is 0 Å². The van der Waals surface area contributed by atoms with E-state index in [1.165, 1.54) is 16.5 Å². The fraction of sp³-hybridized carbons (Fsp3) is 0.111. The predicted octanol–water partition coefficient (Wildman–Crippen LogP) is 3.24. The molecule has 1 aromatic heterocycles. The van der Waals surface area contributed by atoms with Gasteiger partial charge in [0, 0.05) is 21.6 Å². The van der Waals surface area contributed by atoms with Crippen molar-refractivity contribution in [1.29, 1.82) is 0 Å². The summed E-state index contributed by atoms with van der Waals surface area (Å²) in [6, 6.07) is 6.30. The molecular weight excluding hydrogens is 202 g/mol. The fourth-order valence-corrected chi connectivity index (χ4v) is 1.90. The summed E-state index contributed by atoms with van der Waals surface area (Å²) >= 11 is 3.45. The third kappa shape index (κ3) is 1.07. The lowest BCUT2D eigenvalue weighted by Gasteiger charge is -1.96. The second kappa shape index (κ2) is 2.38. The largest absolute Gasteiger partial charge is 0.361 e. The van der Waals surface area contributed by atoms with E-state index in [9.17, 15) is 0 Å². The molecule has 56 valence electrons. The first-order chi connectivity index (χ1) is 5.27. The van der Waals surface area contributed by atoms with Crippen molar-refractivity contribution in [3.8, 4) is 0 Å². The van der Waals surface area contributed by atoms with E-state index in [0.717, 1.165) is 4.47 Å². The smallest absolute Gasteiger partial charge is 0.0484 e. The number of hydrogen-bond acceptors (Lipinski definition) is 0. The summed E-state index contributed by atoms with van der Waals surface area (Å²) in [6.07, 6.45) is 1.96. The maximum Gasteiger partial charge on any atom is 0.0484 e. The van der Waals surface area contributed by atoms with E-state index >= 15 is 0 Å². The van der Waals surface area contributed by atoms with E-state index < -0.39 is 0 Å². The lowest BCUT2D eigenvalue weighted by Crippen LogP contribution is -1.75. The van der Waals surface area contributed by atoms with E-state index in [4.69, 9.17) is 0 Å². The van der Waals surface area contributed by atoms with Crippen LogP contribution in [0.1, 0.15) is 5.56 Å². The summed E-state index contributed by atoms with van der Waals surface area (Å²) < 4.78 is 1.14. The van der Waals surface area contributed by atoms with E-state index in [1.54, 1.807) is 0 Å². The van der Waals surface area contributed by atoms with Crippen molar-refractivity contribution in [2.45, 2.75) is 6.92 Å². The summed E-state index contributed by atoms with van der Waals surface area (Å²) in [7, 11) is 0. The number of H-pyrrole nitrogens is 1. The van der Waals surface area contributed by atoms with Crippen molar-refractivity contribution in [2.24, 2.45) is 0 Å². The Morgan fingerprint density at radius 3 is 3.00 bits per heavy atom. The molecule has 0 aliphatic carbocycles. The standard InChI is InChI=1S/C9H8BrN/c1-6-4-8(10)5-7-2-3-11-9(6)7/h2-5,11H,1H3. The Labute approximate surface area is 73.6 Å². The van der Waals surface area contributed by atoms with Gasteiger partial charge in [-0.25, -0.2) is 0 Å². The van der Waals surface area contributed by atoms with Crippen LogP contribution in [-0.2, 0) is 0 Å². The van der Waals surface area contributed by atoms with Crippen LogP contribution < -0.4 is 0 Å². The monoisotopic (exact) mass is 209 g/mol. The molecule has 0 fully saturated rings. The van der Waals surface area contributed by atoms with Gasteiger partial charge in [-0.2, -0.15) is 0 Å². The minimum Gasteiger partial charge on any atom is -0.361 e. The first kappa shape index (κ1) is 6.92. The third-order valence-corrected chi connectivity index (χ3v) is 2.28. The fourth-order valence-electron chi connectivity index (χ4n) is 1.31. The van der Waals surface area contributed by atoms with Crippen LogP contribution in [0.2, 0.25) is 0 Å². The van der Waals surface area contributed by atoms with Gasteiger partial charge in [0.05, 0.1) is 0 Å². The van der Waals surface area contributed by atoms with Gasteiger partial charge in [-0.15, -0.1) is 0 Å². The molecule has 0 bridgehead atoms. The van der Waals surface area contributed by atoms with Gasteiger partial charge >= 0.3 is 0 Å². The molecule has 0 atom stereocenters. The van der Waals surface area contributed by atoms with Gasteiger partial charge in [0.15, 0.2) is 0 Å². The van der Waals surface area contributed by atoms with E-state index in [0.29, 0.717) is 0 Å². The van der Waals surface area contributed by atoms with Gasteiger partial charge in [0.25, 0.3) is 0 Å². The molecule has 2 aromatic rings. The SMILES string of the molecule is Cc1cc(Br)cc2cc[nH]c12. The van der Waals surface area contributed by atoms with Crippen molar-refractivity contribution >= 4 is 26.8 Å². The van der Waals surface area contributed by atoms with Crippen molar-refractivity contribution in [2.75, 3.05) is 0 Å². The lowest BCUT2D eigenvalue weighted by atomic mass is 10.2. The lowest BCUT2D eigenvalue weighted by molar-refractivity contribution is 1.41. The van der Waals surface area contributed by atoms with Crippen LogP contribution in [0.15, 0.2) is 28.9 Å². The Morgan fingerprint density at radius 2 is 2.18 bits per heavy atom. The van der Waals surface area contributed by atoms with E-state index in [2.05, 4.69) is 46.0 Å². The topological polar surface area (TPSA) is 15.8 Å². The van der Waals surface area contributed by atoms with Crippen molar-refractivity contribution in [1.82, 2.24) is 4.98 Å². The number of fused-ring (bicyclic) bond motifs is 1. The average molecular weight is 210 g/mol. The first-order valence-corrected chi connectivity index (χ1v) is 4.30. The highest BCUT2D eigenvalue weighted by Crippen LogP contribution is 2.22. The number of aromatic nitrogens is 1. The van der Waals surface area contributed by atoms with E-state index in [-0.39, 0.29) is 0 Å². The summed E-state index contributed by atoms with van der Waals surface area (Å²) in [5, 5.41) is 1.26. The van der Waals surface area contributed by atoms with E-state index in [1.807, 2.05) is 6.20 Å². The highest BCUT2D eigenvalue weighted by atomic mass is 79.9. The molecule has 1 nitrogen and oxygen atoms in total. The van der Waals surface area contributed by atoms with Gasteiger partial charge in [0.2, 0.25) is 0 Å². The quantitative estimate of drug-likeness (QED) is 0.686. The number of nitrogens with one attached hydrogen (secondary N) is 1. The molecule has 0 spiro atoms. The molecule has 0 aliphatic heterocycles. The van der Waals surface area contributed by atoms with Crippen LogP contribution in [0, 0.1) is 6.92 Å². The molecule has 0 saturated heterocycles. The summed E-state index contributed by atoms with van der Waals surface area (Å²) in [5.74, 6) is 0. The van der Waals surface area contributed by atoms with Gasteiger partial charge in [-0.1, -0.05) is 15.9 Å². The second-order valence-corrected chi connectivity index (χ2v) is 3.58. The number of rotatable bonds is 0. The maximum absolute atomic E-state index is 3.45. The molecule has 11 heavy (non-hydrogen) atoms. The molecule has 1 heterocycles. The highest BCUT2D eigenvalue weighted by Gasteiger charge is 1.98. The van der Waals surface area contributed by atoms with Crippen LogP contribution in [0.4, 0.5) is 0 Å². The number of aryl methyl sites for hydroxylation is 1. The second-order valence-electron chi connectivity index (χ2n) is 2.66. The van der Waals surface area contributed by atoms with Crippen molar-refractivity contribution in [3.05, 3.63) is 34.4 Å². The Kier molecular flexibility index (Phi) is 1.50. The number of aromatic amines is 1. The molecular formula is C9H8BrN. The molecule has 2 heteroatoms. The normalized spacial score (nSPS) is 10.7. The average Bonchev–Trinajstić information content (AvgIpc) is 2.34. The molecule has 0 unspecified atom stereocenters. The Bertz CT molecular complexity index is 389. The van der Waals surface area contributed by atoms with Gasteiger partial charge in [-0.05, 0) is 30.7 Å². The van der Waals surface area contributed by atoms with Gasteiger partial charge < -0.3 is 4.98 Å². The predicted molar refractivity (Wildman–Crippen MR) is 50.7 cm³/mol. The molecule has 0 saturated carbocycles. The van der Waals surface area contributed by atoms with Crippen LogP contribution in [0.25, 0.3) is 10.9 Å². The van der Waals surface area contributed by atoms with Crippen LogP contribution in [-0.4, -0.2) is 4.98 Å². The van der Waals surface area contributed by atoms with Gasteiger partial charge in [0.1, 0.15) is 0 Å². The Morgan fingerprint density at radius 1 is 1.36 bits per heavy atom. The van der Waals surface area contributed by atoms with Crippen LogP contribution >= 0.6 is 15.9 Å². The Balaban J connectivity index is 2.91. The van der Waals surface area contributed by atoms with Crippen molar-refractivity contribution in [3.63, 3.8) is 0 Å². The molecule has 1 N–H and O–H groups in total. The summed E-state index contributed by atoms with van der Waals surface area (Å²) in [5.41, 5.74) is 2.51. The Hall–Kier alpha value is -0.760. The minimum absolute atomic E-state index is 1.14. The van der Waals surface area contributed by atoms with Crippen LogP contribution in [0.5, 0.6) is 0 Å². The molecule has 0 aliphatic rings. The zero-order valence-corrected chi connectivity index (χ0v) is 7.77. The number of halogens is 1. The number of hydrogen-bond donors (Lipinski definition) is 1. The highest BCUT2D eigenvalue weighted by molar-refractivity contribution is 9.10. The number of benzene rings is 1. The molecule has 0 radical (unpaired) electrons. The molecule has 0 amide bonds. The zero-order valence-electron chi connectivity index (χ0n) is 6.19. The maximum atomic E-state index is 3.45. The van der Waals surface area contributed by atoms with Gasteiger partial charge in [-0.3, -0.25) is 0 Å². The molecule has 2 rings (SSSR count). The zero-order chi connectivity index (χ0) is 7.84. The minimum atomic E-state index is 1.14. The molecule has 1 aromatic carbocycles. The first-order valence-electron chi connectivity index (χ1n) is 3.50.